The van der Waals surface area contributed by atoms with E-state index in [0.717, 1.165) is 17.9 Å². The minimum absolute atomic E-state index is 0. The highest BCUT2D eigenvalue weighted by molar-refractivity contribution is 5.94. The van der Waals surface area contributed by atoms with E-state index in [-0.39, 0.29) is 24.2 Å². The Morgan fingerprint density at radius 2 is 1.94 bits per heavy atom. The summed E-state index contributed by atoms with van der Waals surface area (Å²) in [5, 5.41) is 2.79. The number of ether oxygens (including phenoxy) is 1. The Hall–Kier alpha value is -1.26. The van der Waals surface area contributed by atoms with E-state index in [1.54, 1.807) is 31.4 Å². The molecule has 5 heteroatoms. The number of carbonyl (C=O) groups is 1. The van der Waals surface area contributed by atoms with Crippen LogP contribution in [0.15, 0.2) is 24.3 Å². The third-order valence-electron chi connectivity index (χ3n) is 2.92. The fraction of sp³-hybridized carbons (Fsp3) is 0.462. The quantitative estimate of drug-likeness (QED) is 0.865. The molecule has 1 aromatic carbocycles. The second-order valence-corrected chi connectivity index (χ2v) is 4.13. The molecule has 18 heavy (non-hydrogen) atoms. The van der Waals surface area contributed by atoms with Crippen molar-refractivity contribution in [2.75, 3.05) is 12.4 Å². The fourth-order valence-electron chi connectivity index (χ4n) is 1.41. The van der Waals surface area contributed by atoms with Crippen molar-refractivity contribution < 1.29 is 9.53 Å². The molecule has 0 aliphatic carbocycles. The molecular weight excluding hydrogens is 252 g/mol. The Bertz CT molecular complexity index is 368. The summed E-state index contributed by atoms with van der Waals surface area (Å²) in [4.78, 5) is 11.8. The number of hydrogen-bond donors (Lipinski definition) is 2. The predicted molar refractivity (Wildman–Crippen MR) is 76.3 cm³/mol. The van der Waals surface area contributed by atoms with Crippen molar-refractivity contribution >= 4 is 24.0 Å². The summed E-state index contributed by atoms with van der Waals surface area (Å²) in [6.07, 6.45) is 0.886. The number of nitrogens with two attached hydrogens (primary N) is 1. The molecule has 0 aliphatic heterocycles. The molecule has 1 unspecified atom stereocenters. The molecule has 1 rings (SSSR count). The van der Waals surface area contributed by atoms with Crippen LogP contribution in [0.5, 0.6) is 5.75 Å². The molecule has 2 atom stereocenters. The minimum Gasteiger partial charge on any atom is -0.497 e. The van der Waals surface area contributed by atoms with Crippen molar-refractivity contribution in [3.8, 4) is 5.75 Å². The summed E-state index contributed by atoms with van der Waals surface area (Å²) in [6, 6.07) is 6.71. The Morgan fingerprint density at radius 1 is 1.39 bits per heavy atom. The van der Waals surface area contributed by atoms with Gasteiger partial charge in [-0.15, -0.1) is 12.4 Å². The van der Waals surface area contributed by atoms with Gasteiger partial charge in [0.2, 0.25) is 5.91 Å². The van der Waals surface area contributed by atoms with E-state index in [1.807, 2.05) is 13.8 Å². The molecule has 3 N–H and O–H groups in total. The maximum atomic E-state index is 11.8. The number of nitrogens with one attached hydrogen (secondary N) is 1. The number of amides is 1. The van der Waals surface area contributed by atoms with Crippen molar-refractivity contribution in [3.63, 3.8) is 0 Å². The molecular formula is C13H21ClN2O2. The van der Waals surface area contributed by atoms with Gasteiger partial charge < -0.3 is 15.8 Å². The second kappa shape index (κ2) is 7.95. The molecule has 0 bridgehead atoms. The molecule has 4 nitrogen and oxygen atoms in total. The second-order valence-electron chi connectivity index (χ2n) is 4.13. The summed E-state index contributed by atoms with van der Waals surface area (Å²) in [5.74, 6) is 0.784. The lowest BCUT2D eigenvalue weighted by atomic mass is 9.99. The normalized spacial score (nSPS) is 13.1. The van der Waals surface area contributed by atoms with Crippen molar-refractivity contribution in [2.45, 2.75) is 26.3 Å². The van der Waals surface area contributed by atoms with E-state index in [4.69, 9.17) is 10.5 Å². The van der Waals surface area contributed by atoms with Gasteiger partial charge in [-0.05, 0) is 30.2 Å². The first-order chi connectivity index (χ1) is 8.08. The maximum Gasteiger partial charge on any atom is 0.241 e. The lowest BCUT2D eigenvalue weighted by molar-refractivity contribution is -0.118. The van der Waals surface area contributed by atoms with E-state index in [2.05, 4.69) is 5.32 Å². The number of methoxy groups -OCH3 is 1. The number of hydrogen-bond acceptors (Lipinski definition) is 3. The molecule has 1 amide bonds. The molecule has 0 saturated heterocycles. The summed E-state index contributed by atoms with van der Waals surface area (Å²) in [6.45, 7) is 3.99. The Balaban J connectivity index is 0.00000289. The van der Waals surface area contributed by atoms with Crippen LogP contribution in [-0.2, 0) is 4.79 Å². The molecule has 0 saturated carbocycles. The van der Waals surface area contributed by atoms with Crippen molar-refractivity contribution in [2.24, 2.45) is 11.7 Å². The number of halogens is 1. The van der Waals surface area contributed by atoms with Crippen LogP contribution < -0.4 is 15.8 Å². The van der Waals surface area contributed by atoms with Crippen molar-refractivity contribution in [1.29, 1.82) is 0 Å². The lowest BCUT2D eigenvalue weighted by Crippen LogP contribution is -2.40. The van der Waals surface area contributed by atoms with Gasteiger partial charge in [0.05, 0.1) is 13.2 Å². The van der Waals surface area contributed by atoms with Gasteiger partial charge in [-0.3, -0.25) is 4.79 Å². The summed E-state index contributed by atoms with van der Waals surface area (Å²) >= 11 is 0. The zero-order valence-electron chi connectivity index (χ0n) is 11.0. The van der Waals surface area contributed by atoms with E-state index in [9.17, 15) is 4.79 Å². The molecule has 0 radical (unpaired) electrons. The summed E-state index contributed by atoms with van der Waals surface area (Å²) in [7, 11) is 1.60. The largest absolute Gasteiger partial charge is 0.497 e. The average molecular weight is 273 g/mol. The van der Waals surface area contributed by atoms with Gasteiger partial charge in [0.1, 0.15) is 5.75 Å². The summed E-state index contributed by atoms with van der Waals surface area (Å²) in [5.41, 5.74) is 6.57. The first-order valence-corrected chi connectivity index (χ1v) is 5.79. The van der Waals surface area contributed by atoms with Crippen LogP contribution in [-0.4, -0.2) is 19.1 Å². The highest BCUT2D eigenvalue weighted by atomic mass is 35.5. The number of anilines is 1. The van der Waals surface area contributed by atoms with Crippen LogP contribution in [0.25, 0.3) is 0 Å². The molecule has 0 fully saturated rings. The van der Waals surface area contributed by atoms with Crippen LogP contribution in [0, 0.1) is 5.92 Å². The Morgan fingerprint density at radius 3 is 2.39 bits per heavy atom. The van der Waals surface area contributed by atoms with Crippen molar-refractivity contribution in [1.82, 2.24) is 0 Å². The average Bonchev–Trinajstić information content (AvgIpc) is 2.37. The first kappa shape index (κ1) is 16.7. The van der Waals surface area contributed by atoms with Crippen LogP contribution >= 0.6 is 12.4 Å². The minimum atomic E-state index is -0.470. The van der Waals surface area contributed by atoms with E-state index in [1.165, 1.54) is 0 Å². The third-order valence-corrected chi connectivity index (χ3v) is 2.92. The van der Waals surface area contributed by atoms with E-state index >= 15 is 0 Å². The van der Waals surface area contributed by atoms with Crippen LogP contribution in [0.2, 0.25) is 0 Å². The van der Waals surface area contributed by atoms with E-state index in [0.29, 0.717) is 0 Å². The molecule has 0 aromatic heterocycles. The van der Waals surface area contributed by atoms with Gasteiger partial charge in [0.25, 0.3) is 0 Å². The monoisotopic (exact) mass is 272 g/mol. The number of rotatable bonds is 5. The standard InChI is InChI=1S/C13H20N2O2.ClH/c1-4-9(2)12(14)13(16)15-10-5-7-11(17-3)8-6-10;/h5-9,12H,4,14H2,1-3H3,(H,15,16);1H/t9?,12-;/m0./s1. The zero-order valence-corrected chi connectivity index (χ0v) is 11.8. The van der Waals surface area contributed by atoms with Gasteiger partial charge in [-0.25, -0.2) is 0 Å². The molecule has 102 valence electrons. The lowest BCUT2D eigenvalue weighted by Gasteiger charge is -2.17. The Kier molecular flexibility index (Phi) is 7.39. The molecule has 1 aromatic rings. The maximum absolute atomic E-state index is 11.8. The number of carbonyl (C=O) groups excluding carboxylic acids is 1. The number of benzene rings is 1. The van der Waals surface area contributed by atoms with Crippen LogP contribution in [0.1, 0.15) is 20.3 Å². The predicted octanol–water partition coefficient (Wildman–Crippen LogP) is 2.43. The van der Waals surface area contributed by atoms with Crippen LogP contribution in [0.3, 0.4) is 0 Å². The highest BCUT2D eigenvalue weighted by Crippen LogP contribution is 2.16. The third kappa shape index (κ3) is 4.55. The first-order valence-electron chi connectivity index (χ1n) is 5.79. The zero-order chi connectivity index (χ0) is 12.8. The van der Waals surface area contributed by atoms with Gasteiger partial charge in [-0.1, -0.05) is 20.3 Å². The highest BCUT2D eigenvalue weighted by Gasteiger charge is 2.19. The van der Waals surface area contributed by atoms with Gasteiger partial charge in [0.15, 0.2) is 0 Å². The Labute approximate surface area is 114 Å². The molecule has 0 spiro atoms. The van der Waals surface area contributed by atoms with Crippen molar-refractivity contribution in [3.05, 3.63) is 24.3 Å². The van der Waals surface area contributed by atoms with Gasteiger partial charge in [0, 0.05) is 5.69 Å². The fourth-order valence-corrected chi connectivity index (χ4v) is 1.41. The van der Waals surface area contributed by atoms with Gasteiger partial charge in [-0.2, -0.15) is 0 Å². The van der Waals surface area contributed by atoms with Gasteiger partial charge >= 0.3 is 0 Å². The van der Waals surface area contributed by atoms with Crippen LogP contribution in [0.4, 0.5) is 5.69 Å². The summed E-state index contributed by atoms with van der Waals surface area (Å²) < 4.78 is 5.04. The molecule has 0 heterocycles. The topological polar surface area (TPSA) is 64.4 Å². The smallest absolute Gasteiger partial charge is 0.241 e. The SMILES string of the molecule is CCC(C)[C@H](N)C(=O)Nc1ccc(OC)cc1.Cl. The molecule has 0 aliphatic rings. The van der Waals surface area contributed by atoms with E-state index < -0.39 is 6.04 Å².